The van der Waals surface area contributed by atoms with E-state index in [1.54, 1.807) is 0 Å². The van der Waals surface area contributed by atoms with Crippen molar-refractivity contribution in [1.82, 2.24) is 10.0 Å². The van der Waals surface area contributed by atoms with E-state index in [0.29, 0.717) is 12.5 Å². The number of rotatable bonds is 8. The van der Waals surface area contributed by atoms with E-state index in [1.807, 2.05) is 0 Å². The van der Waals surface area contributed by atoms with Gasteiger partial charge >= 0.3 is 0 Å². The molecule has 1 fully saturated rings. The molecule has 2 rings (SSSR count). The minimum atomic E-state index is -3.85. The highest BCUT2D eigenvalue weighted by Crippen LogP contribution is 2.27. The summed E-state index contributed by atoms with van der Waals surface area (Å²) in [7, 11) is -7.10. The first kappa shape index (κ1) is 17.9. The maximum Gasteiger partial charge on any atom is 0.251 e. The predicted molar refractivity (Wildman–Crippen MR) is 86.4 cm³/mol. The summed E-state index contributed by atoms with van der Waals surface area (Å²) in [5, 5.41) is 2.77. The van der Waals surface area contributed by atoms with E-state index in [4.69, 9.17) is 0 Å². The molecular formula is C14H20N2O5S2. The second-order valence-electron chi connectivity index (χ2n) is 5.71. The molecule has 23 heavy (non-hydrogen) atoms. The Balaban J connectivity index is 2.03. The Bertz CT molecular complexity index is 783. The monoisotopic (exact) mass is 360 g/mol. The number of carbonyl (C=O) groups is 1. The van der Waals surface area contributed by atoms with Crippen LogP contribution in [0.4, 0.5) is 0 Å². The minimum Gasteiger partial charge on any atom is -0.352 e. The van der Waals surface area contributed by atoms with Gasteiger partial charge in [0.2, 0.25) is 10.0 Å². The van der Waals surface area contributed by atoms with Crippen LogP contribution in [0.25, 0.3) is 0 Å². The van der Waals surface area contributed by atoms with Gasteiger partial charge in [0.1, 0.15) is 9.84 Å². The van der Waals surface area contributed by atoms with Gasteiger partial charge in [-0.2, -0.15) is 0 Å². The summed E-state index contributed by atoms with van der Waals surface area (Å²) in [5.41, 5.74) is 0.261. The van der Waals surface area contributed by atoms with E-state index in [2.05, 4.69) is 10.0 Å². The van der Waals surface area contributed by atoms with Crippen molar-refractivity contribution < 1.29 is 21.6 Å². The third-order valence-electron chi connectivity index (χ3n) is 3.42. The molecule has 128 valence electrons. The molecule has 0 saturated heterocycles. The van der Waals surface area contributed by atoms with E-state index in [-0.39, 0.29) is 28.7 Å². The lowest BCUT2D eigenvalue weighted by Gasteiger charge is -2.08. The number of sulfone groups is 1. The Kier molecular flexibility index (Phi) is 5.43. The lowest BCUT2D eigenvalue weighted by Crippen LogP contribution is -2.29. The van der Waals surface area contributed by atoms with Crippen LogP contribution in [0, 0.1) is 5.92 Å². The predicted octanol–water partition coefficient (Wildman–Crippen LogP) is 0.149. The van der Waals surface area contributed by atoms with Gasteiger partial charge in [-0.15, -0.1) is 0 Å². The summed E-state index contributed by atoms with van der Waals surface area (Å²) in [5.74, 6) is -0.0676. The fourth-order valence-corrected chi connectivity index (χ4v) is 3.59. The quantitative estimate of drug-likeness (QED) is 0.686. The number of benzene rings is 1. The van der Waals surface area contributed by atoms with Gasteiger partial charge in [-0.25, -0.2) is 21.6 Å². The Hall–Kier alpha value is -1.45. The normalized spacial score (nSPS) is 15.3. The highest BCUT2D eigenvalue weighted by Gasteiger charge is 2.22. The van der Waals surface area contributed by atoms with Crippen LogP contribution in [0.15, 0.2) is 29.2 Å². The molecule has 2 N–H and O–H groups in total. The molecule has 9 heteroatoms. The molecule has 7 nitrogen and oxygen atoms in total. The van der Waals surface area contributed by atoms with E-state index in [0.717, 1.165) is 19.1 Å². The first-order chi connectivity index (χ1) is 10.7. The minimum absolute atomic E-state index is 0.0647. The Morgan fingerprint density at radius 2 is 1.91 bits per heavy atom. The molecule has 0 bridgehead atoms. The first-order valence-electron chi connectivity index (χ1n) is 7.23. The van der Waals surface area contributed by atoms with Crippen molar-refractivity contribution in [3.8, 4) is 0 Å². The van der Waals surface area contributed by atoms with E-state index >= 15 is 0 Å². The fourth-order valence-electron chi connectivity index (χ4n) is 1.91. The molecule has 0 aromatic heterocycles. The fraction of sp³-hybridized carbons (Fsp3) is 0.500. The second kappa shape index (κ2) is 6.98. The number of sulfonamides is 1. The summed E-state index contributed by atoms with van der Waals surface area (Å²) in [6.07, 6.45) is 3.25. The first-order valence-corrected chi connectivity index (χ1v) is 10.8. The Morgan fingerprint density at radius 3 is 2.52 bits per heavy atom. The zero-order valence-electron chi connectivity index (χ0n) is 12.8. The zero-order valence-corrected chi connectivity index (χ0v) is 14.4. The third-order valence-corrected chi connectivity index (χ3v) is 5.82. The van der Waals surface area contributed by atoms with Crippen molar-refractivity contribution >= 4 is 25.8 Å². The van der Waals surface area contributed by atoms with Gasteiger partial charge in [0, 0.05) is 24.9 Å². The number of carbonyl (C=O) groups excluding carboxylic acids is 1. The molecule has 0 atom stereocenters. The van der Waals surface area contributed by atoms with Crippen molar-refractivity contribution in [1.29, 1.82) is 0 Å². The average Bonchev–Trinajstić information content (AvgIpc) is 3.27. The molecule has 0 unspecified atom stereocenters. The molecule has 0 heterocycles. The molecule has 1 aromatic rings. The standard InChI is InChI=1S/C14H20N2O5S2/c1-22(18,19)8-7-16-23(20,21)13-4-2-3-12(9-13)14(17)15-10-11-5-6-11/h2-4,9,11,16H,5-8,10H2,1H3,(H,15,17). The Morgan fingerprint density at radius 1 is 1.22 bits per heavy atom. The van der Waals surface area contributed by atoms with Crippen molar-refractivity contribution in [2.75, 3.05) is 25.1 Å². The number of nitrogens with one attached hydrogen (secondary N) is 2. The highest BCUT2D eigenvalue weighted by atomic mass is 32.2. The van der Waals surface area contributed by atoms with E-state index in [1.165, 1.54) is 24.3 Å². The van der Waals surface area contributed by atoms with Crippen molar-refractivity contribution in [2.45, 2.75) is 17.7 Å². The summed E-state index contributed by atoms with van der Waals surface area (Å²) < 4.78 is 48.6. The molecule has 0 spiro atoms. The number of hydrogen-bond donors (Lipinski definition) is 2. The van der Waals surface area contributed by atoms with Crippen LogP contribution in [0.3, 0.4) is 0 Å². The zero-order chi connectivity index (χ0) is 17.1. The van der Waals surface area contributed by atoms with Crippen LogP contribution < -0.4 is 10.0 Å². The molecule has 0 aliphatic heterocycles. The molecular weight excluding hydrogens is 340 g/mol. The molecule has 1 aromatic carbocycles. The van der Waals surface area contributed by atoms with E-state index in [9.17, 15) is 21.6 Å². The van der Waals surface area contributed by atoms with Gasteiger partial charge in [0.15, 0.2) is 0 Å². The van der Waals surface area contributed by atoms with Crippen LogP contribution in [-0.4, -0.2) is 47.8 Å². The average molecular weight is 360 g/mol. The maximum absolute atomic E-state index is 12.1. The number of amides is 1. The van der Waals surface area contributed by atoms with Crippen LogP contribution in [-0.2, 0) is 19.9 Å². The van der Waals surface area contributed by atoms with E-state index < -0.39 is 19.9 Å². The largest absolute Gasteiger partial charge is 0.352 e. The number of hydrogen-bond acceptors (Lipinski definition) is 5. The van der Waals surface area contributed by atoms with Gasteiger partial charge in [-0.3, -0.25) is 4.79 Å². The summed E-state index contributed by atoms with van der Waals surface area (Å²) in [4.78, 5) is 11.9. The summed E-state index contributed by atoms with van der Waals surface area (Å²) >= 11 is 0. The SMILES string of the molecule is CS(=O)(=O)CCNS(=O)(=O)c1cccc(C(=O)NCC2CC2)c1. The molecule has 1 saturated carbocycles. The van der Waals surface area contributed by atoms with Crippen molar-refractivity contribution in [3.63, 3.8) is 0 Å². The van der Waals surface area contributed by atoms with Gasteiger partial charge in [-0.05, 0) is 37.0 Å². The smallest absolute Gasteiger partial charge is 0.251 e. The van der Waals surface area contributed by atoms with Crippen LogP contribution in [0.2, 0.25) is 0 Å². The van der Waals surface area contributed by atoms with Gasteiger partial charge in [0.05, 0.1) is 10.6 Å². The maximum atomic E-state index is 12.1. The van der Waals surface area contributed by atoms with Gasteiger partial charge < -0.3 is 5.32 Å². The second-order valence-corrected chi connectivity index (χ2v) is 9.74. The highest BCUT2D eigenvalue weighted by molar-refractivity contribution is 7.91. The Labute approximate surface area is 136 Å². The van der Waals surface area contributed by atoms with Gasteiger partial charge in [0.25, 0.3) is 5.91 Å². The lowest BCUT2D eigenvalue weighted by molar-refractivity contribution is 0.0951. The summed E-state index contributed by atoms with van der Waals surface area (Å²) in [6.45, 7) is 0.391. The van der Waals surface area contributed by atoms with Crippen LogP contribution in [0.5, 0.6) is 0 Å². The lowest BCUT2D eigenvalue weighted by atomic mass is 10.2. The summed E-state index contributed by atoms with van der Waals surface area (Å²) in [6, 6.07) is 5.67. The van der Waals surface area contributed by atoms with Gasteiger partial charge in [-0.1, -0.05) is 6.07 Å². The molecule has 1 amide bonds. The van der Waals surface area contributed by atoms with Crippen LogP contribution in [0.1, 0.15) is 23.2 Å². The topological polar surface area (TPSA) is 109 Å². The van der Waals surface area contributed by atoms with Crippen molar-refractivity contribution in [2.24, 2.45) is 5.92 Å². The van der Waals surface area contributed by atoms with Crippen LogP contribution >= 0.6 is 0 Å². The van der Waals surface area contributed by atoms with Crippen molar-refractivity contribution in [3.05, 3.63) is 29.8 Å². The third kappa shape index (κ3) is 5.92. The molecule has 0 radical (unpaired) electrons. The molecule has 1 aliphatic rings. The molecule has 1 aliphatic carbocycles.